The molecular formula is C44H92O3Ti. The Morgan fingerprint density at radius 2 is 0.458 bits per heavy atom. The Morgan fingerprint density at radius 1 is 0.271 bits per heavy atom. The van der Waals surface area contributed by atoms with Crippen molar-refractivity contribution < 1.29 is 26.0 Å². The van der Waals surface area contributed by atoms with E-state index in [0.717, 1.165) is 38.5 Å². The first-order chi connectivity index (χ1) is 23.5. The van der Waals surface area contributed by atoms with Crippen LogP contribution in [0.25, 0.3) is 0 Å². The molecule has 0 aromatic carbocycles. The molecule has 48 heavy (non-hydrogen) atoms. The molecule has 0 unspecified atom stereocenters. The van der Waals surface area contributed by atoms with Gasteiger partial charge >= 0.3 is 217 Å². The molecule has 0 fully saturated rings. The molecule has 0 aromatic rings. The van der Waals surface area contributed by atoms with Crippen LogP contribution in [0.1, 0.15) is 259 Å². The molecule has 0 atom stereocenters. The quantitative estimate of drug-likeness (QED) is 0.0466. The number of rotatable bonds is 42. The van der Waals surface area contributed by atoms with Crippen molar-refractivity contribution in [2.24, 2.45) is 0 Å². The average Bonchev–Trinajstić information content (AvgIpc) is 3.09. The molecule has 0 aliphatic heterocycles. The molecule has 0 saturated carbocycles. The average molecular weight is 717 g/mol. The minimum atomic E-state index is -4.62. The molecule has 0 heterocycles. The van der Waals surface area contributed by atoms with Crippen molar-refractivity contribution >= 4 is 0 Å². The zero-order valence-corrected chi connectivity index (χ0v) is 35.6. The monoisotopic (exact) mass is 717 g/mol. The summed E-state index contributed by atoms with van der Waals surface area (Å²) >= 11 is -4.62. The maximum atomic E-state index is 14.7. The summed E-state index contributed by atoms with van der Waals surface area (Å²) < 4.78 is 29.0. The van der Waals surface area contributed by atoms with Gasteiger partial charge in [-0.3, -0.25) is 0 Å². The van der Waals surface area contributed by atoms with E-state index in [2.05, 4.69) is 27.7 Å². The van der Waals surface area contributed by atoms with Gasteiger partial charge in [-0.1, -0.05) is 90.9 Å². The van der Waals surface area contributed by atoms with Crippen LogP contribution in [-0.2, 0) is 26.0 Å². The van der Waals surface area contributed by atoms with E-state index < -0.39 is 16.1 Å². The molecule has 0 aliphatic rings. The molecule has 0 radical (unpaired) electrons. The second-order valence-corrected chi connectivity index (χ2v) is 22.6. The smallest absolute Gasteiger partial charge is 0.0654 e. The van der Waals surface area contributed by atoms with Crippen LogP contribution in [0.2, 0.25) is 9.45 Å². The van der Waals surface area contributed by atoms with Gasteiger partial charge in [0.15, 0.2) is 0 Å². The van der Waals surface area contributed by atoms with Crippen molar-refractivity contribution in [1.82, 2.24) is 0 Å². The van der Waals surface area contributed by atoms with Gasteiger partial charge in [-0.15, -0.1) is 0 Å². The summed E-state index contributed by atoms with van der Waals surface area (Å²) in [5.74, 6) is 0. The fourth-order valence-corrected chi connectivity index (χ4v) is 13.9. The van der Waals surface area contributed by atoms with Gasteiger partial charge in [0.25, 0.3) is 0 Å². The second kappa shape index (κ2) is 37.2. The summed E-state index contributed by atoms with van der Waals surface area (Å²) in [7, 11) is 0. The zero-order valence-electron chi connectivity index (χ0n) is 34.0. The van der Waals surface area contributed by atoms with Crippen LogP contribution in [0.5, 0.6) is 0 Å². The molecule has 0 aliphatic carbocycles. The zero-order chi connectivity index (χ0) is 35.1. The van der Waals surface area contributed by atoms with Crippen LogP contribution in [0.15, 0.2) is 0 Å². The molecule has 0 spiro atoms. The topological polar surface area (TPSA) is 35.5 Å². The fraction of sp³-hybridized carbons (Fsp3) is 1.00. The predicted molar refractivity (Wildman–Crippen MR) is 211 cm³/mol. The first-order valence-corrected chi connectivity index (χ1v) is 26.8. The first-order valence-electron chi connectivity index (χ1n) is 22.7. The normalized spacial score (nSPS) is 12.4. The third-order valence-corrected chi connectivity index (χ3v) is 17.6. The maximum absolute atomic E-state index is 14.7. The van der Waals surface area contributed by atoms with Crippen molar-refractivity contribution in [2.75, 3.05) is 13.2 Å². The van der Waals surface area contributed by atoms with E-state index in [4.69, 9.17) is 6.64 Å². The third kappa shape index (κ3) is 32.3. The molecular weight excluding hydrogens is 624 g/mol. The summed E-state index contributed by atoms with van der Waals surface area (Å²) in [5.41, 5.74) is 0. The second-order valence-electron chi connectivity index (χ2n) is 15.9. The SMILES string of the molecule is CCCCCCCCCCCCCCCCCC[O][Ti](=[O])([CH2]CCC)([CH2]CCC)[O]CCCCCCCCCCCCCCCCCC. The van der Waals surface area contributed by atoms with Crippen molar-refractivity contribution in [3.8, 4) is 0 Å². The molecule has 0 rings (SSSR count). The Hall–Kier alpha value is 0.434. The van der Waals surface area contributed by atoms with E-state index in [1.54, 1.807) is 0 Å². The summed E-state index contributed by atoms with van der Waals surface area (Å²) in [6.07, 6.45) is 47.8. The van der Waals surface area contributed by atoms with Gasteiger partial charge in [-0.2, -0.15) is 0 Å². The van der Waals surface area contributed by atoms with Crippen molar-refractivity contribution in [3.05, 3.63) is 0 Å². The molecule has 290 valence electrons. The Labute approximate surface area is 306 Å². The summed E-state index contributed by atoms with van der Waals surface area (Å²) in [4.78, 5) is 0. The Morgan fingerprint density at radius 3 is 0.667 bits per heavy atom. The van der Waals surface area contributed by atoms with Crippen LogP contribution < -0.4 is 0 Å². The Balaban J connectivity index is 4.04. The fourth-order valence-electron chi connectivity index (χ4n) is 7.39. The van der Waals surface area contributed by atoms with Gasteiger partial charge in [0.05, 0.1) is 0 Å². The van der Waals surface area contributed by atoms with Crippen LogP contribution in [-0.4, -0.2) is 13.2 Å². The molecule has 0 aromatic heterocycles. The van der Waals surface area contributed by atoms with Gasteiger partial charge in [0.1, 0.15) is 0 Å². The van der Waals surface area contributed by atoms with Gasteiger partial charge in [-0.25, -0.2) is 0 Å². The molecule has 0 bridgehead atoms. The van der Waals surface area contributed by atoms with Gasteiger partial charge < -0.3 is 0 Å². The Kier molecular flexibility index (Phi) is 37.5. The minimum absolute atomic E-state index is 0.630. The van der Waals surface area contributed by atoms with E-state index in [-0.39, 0.29) is 0 Å². The van der Waals surface area contributed by atoms with Crippen molar-refractivity contribution in [2.45, 2.75) is 268 Å². The molecule has 0 amide bonds. The van der Waals surface area contributed by atoms with E-state index in [1.165, 1.54) is 193 Å². The number of hydrogen-bond donors (Lipinski definition) is 0. The molecule has 0 saturated heterocycles. The Bertz CT molecular complexity index is 622. The number of hydrogen-bond acceptors (Lipinski definition) is 3. The van der Waals surface area contributed by atoms with E-state index in [9.17, 15) is 3.32 Å². The van der Waals surface area contributed by atoms with Crippen LogP contribution in [0.3, 0.4) is 0 Å². The minimum Gasteiger partial charge on any atom is -0.0654 e. The number of unbranched alkanes of at least 4 members (excludes halogenated alkanes) is 32. The predicted octanol–water partition coefficient (Wildman–Crippen LogP) is 16.8. The van der Waals surface area contributed by atoms with Gasteiger partial charge in [-0.05, 0) is 0 Å². The molecule has 4 heteroatoms. The standard InChI is InChI=1S/2C18H37O.2C4H9.O.Ti/c2*1-2-3-4-5-6-7-8-9-10-11-12-13-14-15-16-17-18-19;2*1-3-4-2;;/h2*2-18H2,1H3;2*1,3-4H2,2H3;;/q2*-1;;;;+2. The van der Waals surface area contributed by atoms with Gasteiger partial charge in [0.2, 0.25) is 0 Å². The van der Waals surface area contributed by atoms with Crippen molar-refractivity contribution in [3.63, 3.8) is 0 Å². The van der Waals surface area contributed by atoms with Crippen molar-refractivity contribution in [1.29, 1.82) is 0 Å². The van der Waals surface area contributed by atoms with Crippen LogP contribution in [0, 0.1) is 0 Å². The van der Waals surface area contributed by atoms with E-state index in [1.807, 2.05) is 0 Å². The molecule has 0 N–H and O–H groups in total. The van der Waals surface area contributed by atoms with Gasteiger partial charge in [0, 0.05) is 0 Å². The van der Waals surface area contributed by atoms with E-state index in [0.29, 0.717) is 22.7 Å². The van der Waals surface area contributed by atoms with E-state index >= 15 is 0 Å². The summed E-state index contributed by atoms with van der Waals surface area (Å²) in [5, 5.41) is 0. The summed E-state index contributed by atoms with van der Waals surface area (Å²) in [6, 6.07) is 0. The first kappa shape index (κ1) is 48.4. The van der Waals surface area contributed by atoms with Crippen LogP contribution in [0.4, 0.5) is 0 Å². The summed E-state index contributed by atoms with van der Waals surface area (Å²) in [6.45, 7) is 10.2. The molecule has 3 nitrogen and oxygen atoms in total. The third-order valence-electron chi connectivity index (χ3n) is 10.9. The van der Waals surface area contributed by atoms with Crippen LogP contribution >= 0.6 is 0 Å².